The molecule has 8 nitrogen and oxygen atoms in total. The smallest absolute Gasteiger partial charge is 0.348 e. The van der Waals surface area contributed by atoms with E-state index in [-0.39, 0.29) is 27.9 Å². The van der Waals surface area contributed by atoms with Crippen LogP contribution in [0.5, 0.6) is 5.75 Å². The van der Waals surface area contributed by atoms with Gasteiger partial charge in [-0.25, -0.2) is 9.59 Å². The number of rotatable bonds is 8. The Morgan fingerprint density at radius 1 is 1.03 bits per heavy atom. The van der Waals surface area contributed by atoms with E-state index < -0.39 is 11.9 Å². The molecule has 0 atom stereocenters. The number of likely N-dealkylation sites (N-methyl/N-ethyl adjacent to an activating group) is 1. The van der Waals surface area contributed by atoms with Crippen LogP contribution in [-0.4, -0.2) is 57.7 Å². The maximum absolute atomic E-state index is 12.5. The van der Waals surface area contributed by atoms with Gasteiger partial charge in [0.2, 0.25) is 5.91 Å². The molecule has 1 aromatic heterocycles. The zero-order valence-corrected chi connectivity index (χ0v) is 17.8. The summed E-state index contributed by atoms with van der Waals surface area (Å²) in [4.78, 5) is 38.6. The number of nitrogens with zero attached hydrogens (tertiary/aromatic N) is 1. The molecule has 0 aliphatic heterocycles. The fourth-order valence-electron chi connectivity index (χ4n) is 2.75. The number of methoxy groups -OCH3 is 3. The highest BCUT2D eigenvalue weighted by Crippen LogP contribution is 2.34. The van der Waals surface area contributed by atoms with Crippen LogP contribution < -0.4 is 10.1 Å². The molecule has 0 aliphatic carbocycles. The predicted octanol–water partition coefficient (Wildman–Crippen LogP) is 2.71. The minimum absolute atomic E-state index is 0.0944. The van der Waals surface area contributed by atoms with Gasteiger partial charge in [0.15, 0.2) is 0 Å². The molecule has 2 rings (SSSR count). The Labute approximate surface area is 173 Å². The molecular formula is C20H24N2O6S. The van der Waals surface area contributed by atoms with Gasteiger partial charge in [0.25, 0.3) is 0 Å². The molecule has 2 aromatic rings. The third-order valence-corrected chi connectivity index (χ3v) is 5.37. The summed E-state index contributed by atoms with van der Waals surface area (Å²) in [6.45, 7) is 2.26. The first kappa shape index (κ1) is 22.4. The Bertz CT molecular complexity index is 891. The van der Waals surface area contributed by atoms with Crippen LogP contribution in [-0.2, 0) is 20.8 Å². The number of nitrogens with one attached hydrogen (secondary N) is 1. The summed E-state index contributed by atoms with van der Waals surface area (Å²) >= 11 is 0.986. The highest BCUT2D eigenvalue weighted by atomic mass is 32.1. The van der Waals surface area contributed by atoms with Crippen LogP contribution in [0, 0.1) is 6.92 Å². The van der Waals surface area contributed by atoms with Crippen LogP contribution >= 0.6 is 11.3 Å². The maximum Gasteiger partial charge on any atom is 0.348 e. The largest absolute Gasteiger partial charge is 0.497 e. The first-order chi connectivity index (χ1) is 13.8. The molecule has 0 saturated heterocycles. The van der Waals surface area contributed by atoms with Gasteiger partial charge >= 0.3 is 11.9 Å². The minimum Gasteiger partial charge on any atom is -0.497 e. The van der Waals surface area contributed by atoms with Gasteiger partial charge < -0.3 is 19.5 Å². The fraction of sp³-hybridized carbons (Fsp3) is 0.350. The van der Waals surface area contributed by atoms with Crippen molar-refractivity contribution < 1.29 is 28.6 Å². The van der Waals surface area contributed by atoms with E-state index in [4.69, 9.17) is 14.2 Å². The Morgan fingerprint density at radius 2 is 1.66 bits per heavy atom. The molecule has 156 valence electrons. The first-order valence-corrected chi connectivity index (χ1v) is 9.53. The van der Waals surface area contributed by atoms with Crippen LogP contribution in [0.3, 0.4) is 0 Å². The maximum atomic E-state index is 12.5. The molecule has 1 heterocycles. The molecular weight excluding hydrogens is 396 g/mol. The molecule has 1 aromatic carbocycles. The van der Waals surface area contributed by atoms with Gasteiger partial charge in [0.05, 0.1) is 33.4 Å². The molecule has 0 unspecified atom stereocenters. The van der Waals surface area contributed by atoms with Crippen molar-refractivity contribution >= 4 is 34.2 Å². The summed E-state index contributed by atoms with van der Waals surface area (Å²) in [5.41, 5.74) is 1.59. The number of amides is 1. The van der Waals surface area contributed by atoms with Crippen molar-refractivity contribution in [3.63, 3.8) is 0 Å². The number of benzene rings is 1. The number of hydrogen-bond donors (Lipinski definition) is 1. The zero-order valence-electron chi connectivity index (χ0n) is 17.0. The van der Waals surface area contributed by atoms with E-state index >= 15 is 0 Å². The highest BCUT2D eigenvalue weighted by Gasteiger charge is 2.26. The lowest BCUT2D eigenvalue weighted by Gasteiger charge is -2.16. The van der Waals surface area contributed by atoms with Crippen molar-refractivity contribution in [2.45, 2.75) is 13.5 Å². The lowest BCUT2D eigenvalue weighted by Crippen LogP contribution is -2.30. The fourth-order valence-corrected chi connectivity index (χ4v) is 3.88. The second kappa shape index (κ2) is 10.0. The van der Waals surface area contributed by atoms with E-state index in [0.717, 1.165) is 22.6 Å². The van der Waals surface area contributed by atoms with Gasteiger partial charge in [-0.05, 0) is 37.2 Å². The van der Waals surface area contributed by atoms with E-state index in [2.05, 4.69) is 5.32 Å². The molecule has 1 amide bonds. The molecule has 0 bridgehead atoms. The molecule has 9 heteroatoms. The number of carbonyl (C=O) groups excluding carboxylic acids is 3. The van der Waals surface area contributed by atoms with Crippen molar-refractivity contribution in [1.82, 2.24) is 4.90 Å². The number of anilines is 1. The molecule has 0 aliphatic rings. The van der Waals surface area contributed by atoms with Crippen LogP contribution in [0.2, 0.25) is 0 Å². The Kier molecular flexibility index (Phi) is 7.74. The van der Waals surface area contributed by atoms with Gasteiger partial charge in [-0.2, -0.15) is 0 Å². The average Bonchev–Trinajstić information content (AvgIpc) is 3.02. The quantitative estimate of drug-likeness (QED) is 0.656. The molecule has 0 spiro atoms. The summed E-state index contributed by atoms with van der Waals surface area (Å²) in [7, 11) is 5.91. The second-order valence-electron chi connectivity index (χ2n) is 6.31. The molecule has 0 saturated carbocycles. The molecule has 0 fully saturated rings. The third-order valence-electron chi connectivity index (χ3n) is 4.19. The van der Waals surface area contributed by atoms with Crippen LogP contribution in [0.1, 0.15) is 31.2 Å². The van der Waals surface area contributed by atoms with E-state index in [1.807, 2.05) is 36.2 Å². The van der Waals surface area contributed by atoms with E-state index in [1.54, 1.807) is 14.0 Å². The Hall–Kier alpha value is -2.91. The van der Waals surface area contributed by atoms with Gasteiger partial charge in [-0.3, -0.25) is 9.69 Å². The summed E-state index contributed by atoms with van der Waals surface area (Å²) in [6.07, 6.45) is 0. The van der Waals surface area contributed by atoms with Crippen molar-refractivity contribution in [2.24, 2.45) is 0 Å². The van der Waals surface area contributed by atoms with E-state index in [1.165, 1.54) is 14.2 Å². The standard InChI is InChI=1S/C20H24N2O6S/c1-12-16(19(24)27-4)18(29-17(12)20(25)28-5)21-15(23)11-22(2)10-13-6-8-14(26-3)9-7-13/h6-9H,10-11H2,1-5H3,(H,21,23). The van der Waals surface area contributed by atoms with Crippen molar-refractivity contribution in [1.29, 1.82) is 0 Å². The second-order valence-corrected chi connectivity index (χ2v) is 7.33. The number of ether oxygens (including phenoxy) is 3. The zero-order chi connectivity index (χ0) is 21.6. The lowest BCUT2D eigenvalue weighted by atomic mass is 10.1. The number of hydrogen-bond acceptors (Lipinski definition) is 8. The number of esters is 2. The first-order valence-electron chi connectivity index (χ1n) is 8.72. The summed E-state index contributed by atoms with van der Waals surface area (Å²) in [5.74, 6) is -0.756. The summed E-state index contributed by atoms with van der Waals surface area (Å²) in [5, 5.41) is 2.97. The van der Waals surface area contributed by atoms with E-state index in [9.17, 15) is 14.4 Å². The summed E-state index contributed by atoms with van der Waals surface area (Å²) in [6, 6.07) is 7.56. The van der Waals surface area contributed by atoms with Gasteiger partial charge in [0.1, 0.15) is 15.6 Å². The SMILES string of the molecule is COC(=O)c1sc(NC(=O)CN(C)Cc2ccc(OC)cc2)c(C(=O)OC)c1C. The average molecular weight is 420 g/mol. The van der Waals surface area contributed by atoms with Crippen LogP contribution in [0.4, 0.5) is 5.00 Å². The third kappa shape index (κ3) is 5.55. The summed E-state index contributed by atoms with van der Waals surface area (Å²) < 4.78 is 14.7. The topological polar surface area (TPSA) is 94.2 Å². The van der Waals surface area contributed by atoms with Crippen molar-refractivity contribution in [3.8, 4) is 5.75 Å². The van der Waals surface area contributed by atoms with Crippen LogP contribution in [0.25, 0.3) is 0 Å². The van der Waals surface area contributed by atoms with Gasteiger partial charge in [-0.15, -0.1) is 11.3 Å². The number of carbonyl (C=O) groups is 3. The molecule has 29 heavy (non-hydrogen) atoms. The molecule has 0 radical (unpaired) electrons. The van der Waals surface area contributed by atoms with Gasteiger partial charge in [0, 0.05) is 6.54 Å². The number of thiophene rings is 1. The van der Waals surface area contributed by atoms with Gasteiger partial charge in [-0.1, -0.05) is 12.1 Å². The normalized spacial score (nSPS) is 10.6. The van der Waals surface area contributed by atoms with Crippen LogP contribution in [0.15, 0.2) is 24.3 Å². The predicted molar refractivity (Wildman–Crippen MR) is 110 cm³/mol. The monoisotopic (exact) mass is 420 g/mol. The lowest BCUT2D eigenvalue weighted by molar-refractivity contribution is -0.117. The van der Waals surface area contributed by atoms with Crippen molar-refractivity contribution in [2.75, 3.05) is 40.2 Å². The highest BCUT2D eigenvalue weighted by molar-refractivity contribution is 7.18. The Balaban J connectivity index is 2.10. The molecule has 1 N–H and O–H groups in total. The minimum atomic E-state index is -0.629. The van der Waals surface area contributed by atoms with Crippen molar-refractivity contribution in [3.05, 3.63) is 45.8 Å². The Morgan fingerprint density at radius 3 is 2.21 bits per heavy atom. The van der Waals surface area contributed by atoms with E-state index in [0.29, 0.717) is 12.1 Å².